The molecule has 0 unspecified atom stereocenters. The van der Waals surface area contributed by atoms with Crippen LogP contribution in [0.25, 0.3) is 6.08 Å². The quantitative estimate of drug-likeness (QED) is 0.0886. The zero-order chi connectivity index (χ0) is 24.2. The molecule has 0 aliphatic carbocycles. The van der Waals surface area contributed by atoms with Gasteiger partial charge in [0.05, 0.1) is 12.8 Å². The van der Waals surface area contributed by atoms with Gasteiger partial charge in [0, 0.05) is 21.7 Å². The van der Waals surface area contributed by atoms with Crippen molar-refractivity contribution in [3.63, 3.8) is 0 Å². The zero-order valence-electron chi connectivity index (χ0n) is 18.7. The van der Waals surface area contributed by atoms with Crippen LogP contribution in [0.2, 0.25) is 0 Å². The Bertz CT molecular complexity index is 1160. The van der Waals surface area contributed by atoms with Crippen molar-refractivity contribution >= 4 is 40.1 Å². The van der Waals surface area contributed by atoms with E-state index in [2.05, 4.69) is 33.4 Å². The molecule has 3 aromatic rings. The number of carbonyl (C=O) groups is 2. The SMILES string of the molecule is CCCCOc1ccc(C(=O)NN=Cc2cc(Br)ccc2OC(=O)C=Cc2ccccc2)cc1. The van der Waals surface area contributed by atoms with E-state index in [4.69, 9.17) is 9.47 Å². The molecule has 0 heterocycles. The molecule has 0 saturated carbocycles. The molecule has 0 spiro atoms. The third kappa shape index (κ3) is 8.01. The van der Waals surface area contributed by atoms with Gasteiger partial charge in [-0.3, -0.25) is 4.79 Å². The normalized spacial score (nSPS) is 11.0. The monoisotopic (exact) mass is 520 g/mol. The first-order chi connectivity index (χ1) is 16.5. The largest absolute Gasteiger partial charge is 0.494 e. The minimum atomic E-state index is -0.522. The summed E-state index contributed by atoms with van der Waals surface area (Å²) < 4.78 is 11.8. The zero-order valence-corrected chi connectivity index (χ0v) is 20.3. The molecule has 0 atom stereocenters. The molecule has 0 aliphatic heterocycles. The fourth-order valence-electron chi connectivity index (χ4n) is 2.85. The molecule has 34 heavy (non-hydrogen) atoms. The van der Waals surface area contributed by atoms with Gasteiger partial charge in [-0.15, -0.1) is 0 Å². The van der Waals surface area contributed by atoms with Crippen LogP contribution in [0.3, 0.4) is 0 Å². The summed E-state index contributed by atoms with van der Waals surface area (Å²) in [6.07, 6.45) is 6.49. The van der Waals surface area contributed by atoms with Gasteiger partial charge in [-0.2, -0.15) is 5.10 Å². The number of benzene rings is 3. The number of nitrogens with one attached hydrogen (secondary N) is 1. The van der Waals surface area contributed by atoms with Gasteiger partial charge in [0.1, 0.15) is 11.5 Å². The van der Waals surface area contributed by atoms with Crippen LogP contribution in [0.1, 0.15) is 41.3 Å². The number of ether oxygens (including phenoxy) is 2. The topological polar surface area (TPSA) is 77.0 Å². The Hall–Kier alpha value is -3.71. The standard InChI is InChI=1S/C27H25BrN2O4/c1-2-3-17-33-24-13-10-21(11-14-24)27(32)30-29-19-22-18-23(28)12-15-25(22)34-26(31)16-9-20-7-5-4-6-8-20/h4-16,18-19H,2-3,17H2,1H3,(H,30,32). The van der Waals surface area contributed by atoms with Crippen molar-refractivity contribution < 1.29 is 19.1 Å². The summed E-state index contributed by atoms with van der Waals surface area (Å²) in [5, 5.41) is 4.02. The van der Waals surface area contributed by atoms with Crippen LogP contribution < -0.4 is 14.9 Å². The molecule has 174 valence electrons. The third-order valence-corrected chi connectivity index (χ3v) is 5.14. The lowest BCUT2D eigenvalue weighted by Gasteiger charge is -2.07. The molecule has 0 aromatic heterocycles. The van der Waals surface area contributed by atoms with E-state index in [0.29, 0.717) is 23.5 Å². The number of rotatable bonds is 10. The van der Waals surface area contributed by atoms with E-state index in [-0.39, 0.29) is 5.91 Å². The molecular weight excluding hydrogens is 496 g/mol. The number of hydrogen-bond acceptors (Lipinski definition) is 5. The third-order valence-electron chi connectivity index (χ3n) is 4.65. The lowest BCUT2D eigenvalue weighted by molar-refractivity contribution is -0.128. The van der Waals surface area contributed by atoms with Crippen LogP contribution in [-0.4, -0.2) is 24.7 Å². The lowest BCUT2D eigenvalue weighted by atomic mass is 10.2. The second-order valence-electron chi connectivity index (χ2n) is 7.27. The number of unbranched alkanes of at least 4 members (excludes halogenated alkanes) is 1. The number of hydrazone groups is 1. The Morgan fingerprint density at radius 1 is 1.03 bits per heavy atom. The van der Waals surface area contributed by atoms with Crippen LogP contribution in [0.15, 0.2) is 88.4 Å². The first-order valence-corrected chi connectivity index (χ1v) is 11.6. The van der Waals surface area contributed by atoms with Crippen LogP contribution in [0, 0.1) is 0 Å². The van der Waals surface area contributed by atoms with E-state index >= 15 is 0 Å². The summed E-state index contributed by atoms with van der Waals surface area (Å²) in [5.41, 5.74) is 4.35. The predicted octanol–water partition coefficient (Wildman–Crippen LogP) is 6.01. The van der Waals surface area contributed by atoms with E-state index in [1.807, 2.05) is 30.3 Å². The molecule has 3 aromatic carbocycles. The molecule has 0 saturated heterocycles. The van der Waals surface area contributed by atoms with Gasteiger partial charge in [0.15, 0.2) is 0 Å². The highest BCUT2D eigenvalue weighted by molar-refractivity contribution is 9.10. The van der Waals surface area contributed by atoms with Gasteiger partial charge in [-0.05, 0) is 60.5 Å². The van der Waals surface area contributed by atoms with Gasteiger partial charge in [0.25, 0.3) is 5.91 Å². The second-order valence-corrected chi connectivity index (χ2v) is 8.19. The van der Waals surface area contributed by atoms with E-state index < -0.39 is 5.97 Å². The maximum absolute atomic E-state index is 12.4. The maximum atomic E-state index is 12.4. The second kappa shape index (κ2) is 13.1. The smallest absolute Gasteiger partial charge is 0.336 e. The molecule has 3 rings (SSSR count). The van der Waals surface area contributed by atoms with Crippen molar-refractivity contribution in [2.45, 2.75) is 19.8 Å². The van der Waals surface area contributed by atoms with E-state index in [1.54, 1.807) is 48.5 Å². The van der Waals surface area contributed by atoms with Crippen LogP contribution in [0.5, 0.6) is 11.5 Å². The number of esters is 1. The van der Waals surface area contributed by atoms with Gasteiger partial charge >= 0.3 is 5.97 Å². The van der Waals surface area contributed by atoms with Crippen molar-refractivity contribution in [1.29, 1.82) is 0 Å². The van der Waals surface area contributed by atoms with Crippen LogP contribution >= 0.6 is 15.9 Å². The first kappa shape index (κ1) is 24.9. The fraction of sp³-hybridized carbons (Fsp3) is 0.148. The molecule has 6 nitrogen and oxygen atoms in total. The van der Waals surface area contributed by atoms with Crippen molar-refractivity contribution in [2.75, 3.05) is 6.61 Å². The van der Waals surface area contributed by atoms with Gasteiger partial charge in [0.2, 0.25) is 0 Å². The summed E-state index contributed by atoms with van der Waals surface area (Å²) in [5.74, 6) is 0.148. The molecule has 1 N–H and O–H groups in total. The summed E-state index contributed by atoms with van der Waals surface area (Å²) >= 11 is 3.40. The highest BCUT2D eigenvalue weighted by Crippen LogP contribution is 2.22. The number of amides is 1. The first-order valence-electron chi connectivity index (χ1n) is 10.9. The van der Waals surface area contributed by atoms with Crippen molar-refractivity contribution in [2.24, 2.45) is 5.10 Å². The Kier molecular flexibility index (Phi) is 9.61. The summed E-state index contributed by atoms with van der Waals surface area (Å²) in [4.78, 5) is 24.6. The molecular formula is C27H25BrN2O4. The maximum Gasteiger partial charge on any atom is 0.336 e. The molecule has 0 bridgehead atoms. The molecule has 7 heteroatoms. The minimum Gasteiger partial charge on any atom is -0.494 e. The van der Waals surface area contributed by atoms with Crippen molar-refractivity contribution in [1.82, 2.24) is 5.43 Å². The van der Waals surface area contributed by atoms with E-state index in [1.165, 1.54) is 12.3 Å². The predicted molar refractivity (Wildman–Crippen MR) is 137 cm³/mol. The number of nitrogens with zero attached hydrogens (tertiary/aromatic N) is 1. The average molecular weight is 521 g/mol. The fourth-order valence-corrected chi connectivity index (χ4v) is 3.22. The van der Waals surface area contributed by atoms with Crippen molar-refractivity contribution in [3.05, 3.63) is 100 Å². The molecule has 0 fully saturated rings. The summed E-state index contributed by atoms with van der Waals surface area (Å²) in [6.45, 7) is 2.75. The van der Waals surface area contributed by atoms with Gasteiger partial charge in [-0.25, -0.2) is 10.2 Å². The lowest BCUT2D eigenvalue weighted by Crippen LogP contribution is -2.17. The Balaban J connectivity index is 1.60. The van der Waals surface area contributed by atoms with Crippen LogP contribution in [-0.2, 0) is 4.79 Å². The molecule has 1 amide bonds. The average Bonchev–Trinajstić information content (AvgIpc) is 2.85. The molecule has 0 radical (unpaired) electrons. The summed E-state index contributed by atoms with van der Waals surface area (Å²) in [6, 6.07) is 21.5. The van der Waals surface area contributed by atoms with E-state index in [0.717, 1.165) is 28.6 Å². The summed E-state index contributed by atoms with van der Waals surface area (Å²) in [7, 11) is 0. The van der Waals surface area contributed by atoms with E-state index in [9.17, 15) is 9.59 Å². The number of halogens is 1. The number of hydrogen-bond donors (Lipinski definition) is 1. The number of carbonyl (C=O) groups excluding carboxylic acids is 2. The Morgan fingerprint density at radius 3 is 2.53 bits per heavy atom. The highest BCUT2D eigenvalue weighted by Gasteiger charge is 2.08. The Labute approximate surface area is 207 Å². The minimum absolute atomic E-state index is 0.317. The van der Waals surface area contributed by atoms with Gasteiger partial charge in [-0.1, -0.05) is 59.6 Å². The molecule has 0 aliphatic rings. The Morgan fingerprint density at radius 2 is 1.79 bits per heavy atom. The van der Waals surface area contributed by atoms with Gasteiger partial charge < -0.3 is 9.47 Å². The highest BCUT2D eigenvalue weighted by atomic mass is 79.9. The van der Waals surface area contributed by atoms with Crippen molar-refractivity contribution in [3.8, 4) is 11.5 Å². The van der Waals surface area contributed by atoms with Crippen LogP contribution in [0.4, 0.5) is 0 Å².